The predicted molar refractivity (Wildman–Crippen MR) is 39.0 cm³/mol. The van der Waals surface area contributed by atoms with Crippen molar-refractivity contribution in [1.82, 2.24) is 0 Å². The van der Waals surface area contributed by atoms with Crippen LogP contribution in [0.15, 0.2) is 24.3 Å². The van der Waals surface area contributed by atoms with E-state index in [9.17, 15) is 0 Å². The first-order valence-corrected chi connectivity index (χ1v) is 3.73. The first-order valence-electron chi connectivity index (χ1n) is 3.73. The second-order valence-electron chi connectivity index (χ2n) is 3.19. The molecule has 48 valence electrons. The fourth-order valence-corrected chi connectivity index (χ4v) is 1.65. The molecule has 0 unspecified atom stereocenters. The second-order valence-corrected chi connectivity index (χ2v) is 3.19. The average molecular weight is 120 g/mol. The summed E-state index contributed by atoms with van der Waals surface area (Å²) in [5.41, 5.74) is 0. The highest BCUT2D eigenvalue weighted by molar-refractivity contribution is 5.17. The number of hydrogen-bond donors (Lipinski definition) is 0. The van der Waals surface area contributed by atoms with E-state index in [1.54, 1.807) is 0 Å². The molecule has 0 bridgehead atoms. The van der Waals surface area contributed by atoms with Gasteiger partial charge in [-0.15, -0.1) is 0 Å². The molecule has 0 aromatic carbocycles. The molecule has 0 spiro atoms. The third-order valence-electron chi connectivity index (χ3n) is 2.45. The zero-order valence-corrected chi connectivity index (χ0v) is 5.75. The lowest BCUT2D eigenvalue weighted by Crippen LogP contribution is -1.91. The standard InChI is InChI=1S/C9H12/c1-7-4-2-3-5-8-6-9(7)8/h2-5,7-9H,6H2,1H3/t7-,8-,9-/m1/s1. The lowest BCUT2D eigenvalue weighted by Gasteiger charge is -1.99. The van der Waals surface area contributed by atoms with Crippen molar-refractivity contribution < 1.29 is 0 Å². The number of fused-ring (bicyclic) bond motifs is 1. The summed E-state index contributed by atoms with van der Waals surface area (Å²) >= 11 is 0. The van der Waals surface area contributed by atoms with Crippen LogP contribution >= 0.6 is 0 Å². The molecule has 3 atom stereocenters. The Morgan fingerprint density at radius 2 is 2.00 bits per heavy atom. The highest BCUT2D eigenvalue weighted by Crippen LogP contribution is 2.46. The van der Waals surface area contributed by atoms with Crippen LogP contribution in [0.5, 0.6) is 0 Å². The highest BCUT2D eigenvalue weighted by atomic mass is 14.4. The van der Waals surface area contributed by atoms with Gasteiger partial charge in [0.15, 0.2) is 0 Å². The maximum atomic E-state index is 2.34. The molecular weight excluding hydrogens is 108 g/mol. The highest BCUT2D eigenvalue weighted by Gasteiger charge is 2.38. The zero-order chi connectivity index (χ0) is 6.27. The molecule has 0 aromatic heterocycles. The lowest BCUT2D eigenvalue weighted by molar-refractivity contribution is 0.605. The van der Waals surface area contributed by atoms with E-state index >= 15 is 0 Å². The second kappa shape index (κ2) is 1.73. The number of rotatable bonds is 0. The summed E-state index contributed by atoms with van der Waals surface area (Å²) < 4.78 is 0. The lowest BCUT2D eigenvalue weighted by atomic mass is 10.1. The van der Waals surface area contributed by atoms with E-state index in [0.29, 0.717) is 0 Å². The van der Waals surface area contributed by atoms with Gasteiger partial charge < -0.3 is 0 Å². The molecule has 2 rings (SSSR count). The van der Waals surface area contributed by atoms with Crippen LogP contribution in [-0.4, -0.2) is 0 Å². The van der Waals surface area contributed by atoms with Crippen LogP contribution in [0.4, 0.5) is 0 Å². The van der Waals surface area contributed by atoms with E-state index in [1.165, 1.54) is 6.42 Å². The van der Waals surface area contributed by atoms with E-state index in [2.05, 4.69) is 31.2 Å². The van der Waals surface area contributed by atoms with E-state index in [4.69, 9.17) is 0 Å². The topological polar surface area (TPSA) is 0 Å². The van der Waals surface area contributed by atoms with Gasteiger partial charge in [-0.1, -0.05) is 31.2 Å². The van der Waals surface area contributed by atoms with Crippen LogP contribution in [0.3, 0.4) is 0 Å². The van der Waals surface area contributed by atoms with Crippen molar-refractivity contribution in [1.29, 1.82) is 0 Å². The van der Waals surface area contributed by atoms with Gasteiger partial charge in [0, 0.05) is 0 Å². The smallest absolute Gasteiger partial charge is 0.0193 e. The van der Waals surface area contributed by atoms with Crippen LogP contribution in [0.1, 0.15) is 13.3 Å². The summed E-state index contributed by atoms with van der Waals surface area (Å²) in [6.45, 7) is 2.31. The SMILES string of the molecule is C[C@@H]1C=CC=C[C@@H]2C[C@H]12. The molecule has 0 saturated heterocycles. The van der Waals surface area contributed by atoms with Crippen LogP contribution < -0.4 is 0 Å². The first kappa shape index (κ1) is 5.28. The van der Waals surface area contributed by atoms with Gasteiger partial charge in [-0.05, 0) is 24.2 Å². The van der Waals surface area contributed by atoms with Crippen molar-refractivity contribution in [2.24, 2.45) is 17.8 Å². The van der Waals surface area contributed by atoms with Gasteiger partial charge in [0.05, 0.1) is 0 Å². The zero-order valence-electron chi connectivity index (χ0n) is 5.75. The monoisotopic (exact) mass is 120 g/mol. The van der Waals surface area contributed by atoms with E-state index in [0.717, 1.165) is 17.8 Å². The minimum absolute atomic E-state index is 0.824. The van der Waals surface area contributed by atoms with Gasteiger partial charge in [-0.2, -0.15) is 0 Å². The Kier molecular flexibility index (Phi) is 1.01. The fraction of sp³-hybridized carbons (Fsp3) is 0.556. The number of hydrogen-bond acceptors (Lipinski definition) is 0. The Bertz CT molecular complexity index is 165. The summed E-state index contributed by atoms with van der Waals surface area (Å²) in [4.78, 5) is 0. The summed E-state index contributed by atoms with van der Waals surface area (Å²) in [5.74, 6) is 2.74. The molecule has 1 fully saturated rings. The van der Waals surface area contributed by atoms with Gasteiger partial charge in [0.2, 0.25) is 0 Å². The Balaban J connectivity index is 2.17. The van der Waals surface area contributed by atoms with E-state index in [-0.39, 0.29) is 0 Å². The molecule has 0 heterocycles. The van der Waals surface area contributed by atoms with Crippen molar-refractivity contribution in [3.05, 3.63) is 24.3 Å². The summed E-state index contributed by atoms with van der Waals surface area (Å²) in [5, 5.41) is 0. The van der Waals surface area contributed by atoms with Gasteiger partial charge in [-0.3, -0.25) is 0 Å². The molecule has 0 aromatic rings. The molecule has 0 amide bonds. The molecule has 2 aliphatic rings. The Morgan fingerprint density at radius 3 is 2.89 bits per heavy atom. The third kappa shape index (κ3) is 0.827. The van der Waals surface area contributed by atoms with Crippen molar-refractivity contribution in [2.75, 3.05) is 0 Å². The fourth-order valence-electron chi connectivity index (χ4n) is 1.65. The van der Waals surface area contributed by atoms with Gasteiger partial charge in [0.25, 0.3) is 0 Å². The number of allylic oxidation sites excluding steroid dienone is 4. The summed E-state index contributed by atoms with van der Waals surface area (Å²) in [6, 6.07) is 0. The summed E-state index contributed by atoms with van der Waals surface area (Å²) in [7, 11) is 0. The van der Waals surface area contributed by atoms with Gasteiger partial charge in [-0.25, -0.2) is 0 Å². The average Bonchev–Trinajstić information content (AvgIpc) is 2.55. The van der Waals surface area contributed by atoms with Crippen LogP contribution in [0.2, 0.25) is 0 Å². The molecule has 0 nitrogen and oxygen atoms in total. The quantitative estimate of drug-likeness (QED) is 0.460. The maximum Gasteiger partial charge on any atom is -0.0193 e. The van der Waals surface area contributed by atoms with Crippen LogP contribution in [0.25, 0.3) is 0 Å². The predicted octanol–water partition coefficient (Wildman–Crippen LogP) is 2.38. The Labute approximate surface area is 56.3 Å². The molecule has 2 aliphatic carbocycles. The van der Waals surface area contributed by atoms with Crippen LogP contribution in [-0.2, 0) is 0 Å². The molecule has 0 heteroatoms. The van der Waals surface area contributed by atoms with Crippen LogP contribution in [0, 0.1) is 17.8 Å². The molecule has 0 radical (unpaired) electrons. The van der Waals surface area contributed by atoms with E-state index < -0.39 is 0 Å². The minimum Gasteiger partial charge on any atom is -0.0814 e. The normalized spacial score (nSPS) is 46.1. The largest absolute Gasteiger partial charge is 0.0814 e. The molecule has 9 heavy (non-hydrogen) atoms. The Hall–Kier alpha value is -0.520. The third-order valence-corrected chi connectivity index (χ3v) is 2.45. The molecular formula is C9H12. The first-order chi connectivity index (χ1) is 4.38. The van der Waals surface area contributed by atoms with Crippen molar-refractivity contribution >= 4 is 0 Å². The molecule has 0 N–H and O–H groups in total. The Morgan fingerprint density at radius 1 is 1.22 bits per heavy atom. The molecule has 0 aliphatic heterocycles. The van der Waals surface area contributed by atoms with E-state index in [1.807, 2.05) is 0 Å². The maximum absolute atomic E-state index is 2.34. The minimum atomic E-state index is 0.824. The van der Waals surface area contributed by atoms with Crippen molar-refractivity contribution in [3.63, 3.8) is 0 Å². The van der Waals surface area contributed by atoms with Gasteiger partial charge in [0.1, 0.15) is 0 Å². The van der Waals surface area contributed by atoms with Crippen molar-refractivity contribution in [3.8, 4) is 0 Å². The van der Waals surface area contributed by atoms with Gasteiger partial charge >= 0.3 is 0 Å². The summed E-state index contributed by atoms with van der Waals surface area (Å²) in [6.07, 6.45) is 10.5. The molecule has 1 saturated carbocycles. The van der Waals surface area contributed by atoms with Crippen molar-refractivity contribution in [2.45, 2.75) is 13.3 Å².